The van der Waals surface area contributed by atoms with Gasteiger partial charge in [-0.25, -0.2) is 4.79 Å². The van der Waals surface area contributed by atoms with Gasteiger partial charge in [0.05, 0.1) is 34.4 Å². The van der Waals surface area contributed by atoms with Crippen LogP contribution in [0.2, 0.25) is 0 Å². The molecule has 0 amide bonds. The van der Waals surface area contributed by atoms with E-state index in [0.717, 1.165) is 57.8 Å². The van der Waals surface area contributed by atoms with Crippen LogP contribution in [0.5, 0.6) is 0 Å². The van der Waals surface area contributed by atoms with Crippen molar-refractivity contribution in [3.8, 4) is 0 Å². The molecule has 0 aromatic rings. The lowest BCUT2D eigenvalue weighted by Crippen LogP contribution is -2.40. The number of rotatable bonds is 51. The standard InChI is InChI=1S/C56H105NO8/c1-6-8-10-12-14-16-18-20-22-24-25-26-27-28-29-30-31-33-34-36-38-40-42-44-46-53(58)63-50-52(51-64-56(55(60)61)62-49-48-57(3,4)5)65-54(59)47-45-43-41-39-37-35-32-23-21-19-17-15-13-11-9-7-2/h17,19,23,32,52,56H,6-16,18,20-22,24-31,33-51H2,1-5H3/p+1/b19-17-,32-23-. The number of likely N-dealkylation sites (N-methyl/N-ethyl adjacent to an activating group) is 1. The highest BCUT2D eigenvalue weighted by atomic mass is 16.7. The number of unbranched alkanes of at least 4 members (excludes halogenated alkanes) is 32. The molecule has 9 nitrogen and oxygen atoms in total. The summed E-state index contributed by atoms with van der Waals surface area (Å²) in [5, 5.41) is 9.68. The van der Waals surface area contributed by atoms with E-state index in [-0.39, 0.29) is 32.2 Å². The normalized spacial score (nSPS) is 12.9. The zero-order valence-corrected chi connectivity index (χ0v) is 43.4. The molecule has 0 rings (SSSR count). The summed E-state index contributed by atoms with van der Waals surface area (Å²) in [5.74, 6) is -2.01. The SMILES string of the molecule is CCCCCC/C=C\C/C=C\CCCCCCCC(=O)OC(COC(=O)CCCCCCCCCCCCCCCCCCCCCCCCCC)COC(OCC[N+](C)(C)C)C(=O)O. The molecule has 9 heteroatoms. The Morgan fingerprint density at radius 2 is 0.831 bits per heavy atom. The number of carboxylic acids is 1. The molecular weight excluding hydrogens is 815 g/mol. The molecule has 0 bridgehead atoms. The van der Waals surface area contributed by atoms with Gasteiger partial charge in [0.1, 0.15) is 13.2 Å². The van der Waals surface area contributed by atoms with Gasteiger partial charge in [-0.3, -0.25) is 9.59 Å². The Labute approximate surface area is 401 Å². The number of ether oxygens (including phenoxy) is 4. The maximum Gasteiger partial charge on any atom is 0.361 e. The first kappa shape index (κ1) is 62.8. The lowest BCUT2D eigenvalue weighted by Gasteiger charge is -2.25. The highest BCUT2D eigenvalue weighted by molar-refractivity contribution is 5.71. The van der Waals surface area contributed by atoms with Gasteiger partial charge in [-0.2, -0.15) is 0 Å². The molecule has 2 atom stereocenters. The largest absolute Gasteiger partial charge is 0.477 e. The van der Waals surface area contributed by atoms with Gasteiger partial charge in [-0.05, 0) is 44.9 Å². The van der Waals surface area contributed by atoms with Gasteiger partial charge in [-0.1, -0.05) is 224 Å². The number of hydrogen-bond acceptors (Lipinski definition) is 7. The second-order valence-corrected chi connectivity index (χ2v) is 19.9. The maximum absolute atomic E-state index is 12.8. The molecular formula is C56H106NO8+. The van der Waals surface area contributed by atoms with Crippen molar-refractivity contribution in [3.05, 3.63) is 24.3 Å². The van der Waals surface area contributed by atoms with E-state index < -0.39 is 24.3 Å². The predicted molar refractivity (Wildman–Crippen MR) is 272 cm³/mol. The van der Waals surface area contributed by atoms with Crippen LogP contribution in [-0.4, -0.2) is 87.4 Å². The van der Waals surface area contributed by atoms with Crippen molar-refractivity contribution in [2.24, 2.45) is 0 Å². The highest BCUT2D eigenvalue weighted by Crippen LogP contribution is 2.17. The molecule has 382 valence electrons. The Hall–Kier alpha value is -2.23. The fourth-order valence-electron chi connectivity index (χ4n) is 7.93. The van der Waals surface area contributed by atoms with E-state index in [2.05, 4.69) is 38.2 Å². The minimum Gasteiger partial charge on any atom is -0.477 e. The molecule has 0 radical (unpaired) electrons. The van der Waals surface area contributed by atoms with Crippen LogP contribution in [0.25, 0.3) is 0 Å². The van der Waals surface area contributed by atoms with Crippen LogP contribution in [0.1, 0.15) is 258 Å². The summed E-state index contributed by atoms with van der Waals surface area (Å²) in [6, 6.07) is 0. The van der Waals surface area contributed by atoms with E-state index in [4.69, 9.17) is 18.9 Å². The summed E-state index contributed by atoms with van der Waals surface area (Å²) < 4.78 is 22.8. The fraction of sp³-hybridized carbons (Fsp3) is 0.875. The Morgan fingerprint density at radius 1 is 0.462 bits per heavy atom. The summed E-state index contributed by atoms with van der Waals surface area (Å²) in [7, 11) is 5.96. The average molecular weight is 921 g/mol. The molecule has 0 aliphatic rings. The lowest BCUT2D eigenvalue weighted by atomic mass is 10.0. The molecule has 0 aliphatic carbocycles. The Balaban J connectivity index is 4.23. The number of esters is 2. The summed E-state index contributed by atoms with van der Waals surface area (Å²) in [6.07, 6.45) is 52.5. The van der Waals surface area contributed by atoms with Crippen LogP contribution >= 0.6 is 0 Å². The van der Waals surface area contributed by atoms with E-state index in [1.807, 2.05) is 21.1 Å². The van der Waals surface area contributed by atoms with Gasteiger partial charge in [0.25, 0.3) is 6.29 Å². The summed E-state index contributed by atoms with van der Waals surface area (Å²) in [6.45, 7) is 4.88. The number of carbonyl (C=O) groups is 3. The lowest BCUT2D eigenvalue weighted by molar-refractivity contribution is -0.870. The van der Waals surface area contributed by atoms with Crippen LogP contribution in [0, 0.1) is 0 Å². The monoisotopic (exact) mass is 921 g/mol. The first-order valence-corrected chi connectivity index (χ1v) is 27.5. The van der Waals surface area contributed by atoms with Crippen molar-refractivity contribution in [1.29, 1.82) is 0 Å². The number of nitrogens with zero attached hydrogens (tertiary/aromatic N) is 1. The zero-order chi connectivity index (χ0) is 47.7. The highest BCUT2D eigenvalue weighted by Gasteiger charge is 2.25. The van der Waals surface area contributed by atoms with Gasteiger partial charge >= 0.3 is 17.9 Å². The molecule has 0 aromatic heterocycles. The number of quaternary nitrogens is 1. The van der Waals surface area contributed by atoms with Crippen molar-refractivity contribution in [2.75, 3.05) is 47.5 Å². The van der Waals surface area contributed by atoms with E-state index in [1.165, 1.54) is 167 Å². The van der Waals surface area contributed by atoms with E-state index >= 15 is 0 Å². The second-order valence-electron chi connectivity index (χ2n) is 19.9. The average Bonchev–Trinajstić information content (AvgIpc) is 3.27. The number of hydrogen-bond donors (Lipinski definition) is 1. The molecule has 0 fully saturated rings. The molecule has 1 N–H and O–H groups in total. The van der Waals surface area contributed by atoms with Gasteiger partial charge in [0.2, 0.25) is 0 Å². The molecule has 65 heavy (non-hydrogen) atoms. The number of carbonyl (C=O) groups excluding carboxylic acids is 2. The van der Waals surface area contributed by atoms with Gasteiger partial charge in [0.15, 0.2) is 6.10 Å². The van der Waals surface area contributed by atoms with Crippen molar-refractivity contribution >= 4 is 17.9 Å². The third-order valence-electron chi connectivity index (χ3n) is 12.2. The molecule has 0 saturated carbocycles. The zero-order valence-electron chi connectivity index (χ0n) is 43.4. The van der Waals surface area contributed by atoms with E-state index in [1.54, 1.807) is 0 Å². The van der Waals surface area contributed by atoms with E-state index in [0.29, 0.717) is 23.9 Å². The van der Waals surface area contributed by atoms with Crippen molar-refractivity contribution in [3.63, 3.8) is 0 Å². The number of carboxylic acid groups (broad SMARTS) is 1. The Kier molecular flexibility index (Phi) is 46.6. The smallest absolute Gasteiger partial charge is 0.361 e. The van der Waals surface area contributed by atoms with Gasteiger partial charge < -0.3 is 28.5 Å². The number of allylic oxidation sites excluding steroid dienone is 4. The quantitative estimate of drug-likeness (QED) is 0.0211. The predicted octanol–water partition coefficient (Wildman–Crippen LogP) is 15.6. The first-order valence-electron chi connectivity index (χ1n) is 27.5. The topological polar surface area (TPSA) is 108 Å². The maximum atomic E-state index is 12.8. The molecule has 2 unspecified atom stereocenters. The van der Waals surface area contributed by atoms with Gasteiger partial charge in [-0.15, -0.1) is 0 Å². The minimum absolute atomic E-state index is 0.183. The first-order chi connectivity index (χ1) is 31.6. The molecule has 0 spiro atoms. The third-order valence-corrected chi connectivity index (χ3v) is 12.2. The Bertz CT molecular complexity index is 1120. The molecule has 0 aromatic carbocycles. The van der Waals surface area contributed by atoms with Crippen molar-refractivity contribution < 1.29 is 42.9 Å². The molecule has 0 saturated heterocycles. The molecule has 0 heterocycles. The summed E-state index contributed by atoms with van der Waals surface area (Å²) in [4.78, 5) is 37.3. The van der Waals surface area contributed by atoms with Crippen molar-refractivity contribution in [1.82, 2.24) is 0 Å². The van der Waals surface area contributed by atoms with Crippen LogP contribution in [0.3, 0.4) is 0 Å². The van der Waals surface area contributed by atoms with Crippen LogP contribution < -0.4 is 0 Å². The summed E-state index contributed by atoms with van der Waals surface area (Å²) in [5.41, 5.74) is 0. The Morgan fingerprint density at radius 3 is 1.23 bits per heavy atom. The van der Waals surface area contributed by atoms with Crippen molar-refractivity contribution in [2.45, 2.75) is 270 Å². The third kappa shape index (κ3) is 49.5. The van der Waals surface area contributed by atoms with E-state index in [9.17, 15) is 19.5 Å². The minimum atomic E-state index is -1.51. The molecule has 0 aliphatic heterocycles. The fourth-order valence-corrected chi connectivity index (χ4v) is 7.93. The van der Waals surface area contributed by atoms with Crippen LogP contribution in [0.4, 0.5) is 0 Å². The number of aliphatic carboxylic acids is 1. The van der Waals surface area contributed by atoms with Crippen LogP contribution in [-0.2, 0) is 33.3 Å². The summed E-state index contributed by atoms with van der Waals surface area (Å²) >= 11 is 0. The second kappa shape index (κ2) is 48.2. The van der Waals surface area contributed by atoms with Gasteiger partial charge in [0, 0.05) is 12.8 Å². The van der Waals surface area contributed by atoms with Crippen LogP contribution in [0.15, 0.2) is 24.3 Å².